The second-order valence-electron chi connectivity index (χ2n) is 4.30. The van der Waals surface area contributed by atoms with E-state index in [1.807, 2.05) is 0 Å². The van der Waals surface area contributed by atoms with Gasteiger partial charge in [-0.05, 0) is 19.3 Å². The number of sulfone groups is 1. The van der Waals surface area contributed by atoms with Crippen molar-refractivity contribution < 1.29 is 18.3 Å². The molecular formula is C10H21NO4S. The minimum Gasteiger partial charge on any atom is -0.391 e. The fourth-order valence-corrected chi connectivity index (χ4v) is 2.88. The van der Waals surface area contributed by atoms with Crippen molar-refractivity contribution in [2.24, 2.45) is 0 Å². The molecule has 1 atom stereocenters. The number of hydrogen-bond donors (Lipinski definition) is 2. The first kappa shape index (κ1) is 13.9. The lowest BCUT2D eigenvalue weighted by molar-refractivity contribution is 0.191. The predicted octanol–water partition coefficient (Wildman–Crippen LogP) is -0.449. The maximum absolute atomic E-state index is 11.5. The molecule has 0 amide bonds. The number of aliphatic hydroxyl groups is 1. The van der Waals surface area contributed by atoms with Gasteiger partial charge in [0.15, 0.2) is 9.84 Å². The molecule has 0 aromatic heterocycles. The maximum Gasteiger partial charge on any atom is 0.152 e. The van der Waals surface area contributed by atoms with Crippen molar-refractivity contribution in [3.63, 3.8) is 0 Å². The van der Waals surface area contributed by atoms with E-state index in [9.17, 15) is 13.5 Å². The van der Waals surface area contributed by atoms with Crippen LogP contribution in [0.25, 0.3) is 0 Å². The Balaban J connectivity index is 2.15. The predicted molar refractivity (Wildman–Crippen MR) is 62.2 cm³/mol. The van der Waals surface area contributed by atoms with E-state index >= 15 is 0 Å². The highest BCUT2D eigenvalue weighted by molar-refractivity contribution is 7.91. The van der Waals surface area contributed by atoms with Gasteiger partial charge in [-0.15, -0.1) is 0 Å². The summed E-state index contributed by atoms with van der Waals surface area (Å²) in [5.41, 5.74) is 0. The molecule has 0 bridgehead atoms. The van der Waals surface area contributed by atoms with Gasteiger partial charge in [0.25, 0.3) is 0 Å². The molecule has 96 valence electrons. The molecule has 2 N–H and O–H groups in total. The molecular weight excluding hydrogens is 230 g/mol. The van der Waals surface area contributed by atoms with E-state index in [0.29, 0.717) is 25.6 Å². The van der Waals surface area contributed by atoms with E-state index in [-0.39, 0.29) is 11.5 Å². The summed E-state index contributed by atoms with van der Waals surface area (Å²) in [5.74, 6) is -0.0717. The molecule has 0 saturated heterocycles. The molecule has 1 unspecified atom stereocenters. The second-order valence-corrected chi connectivity index (χ2v) is 6.53. The molecule has 1 aliphatic carbocycles. The van der Waals surface area contributed by atoms with Gasteiger partial charge in [0.2, 0.25) is 0 Å². The van der Waals surface area contributed by atoms with Gasteiger partial charge >= 0.3 is 0 Å². The number of ether oxygens (including phenoxy) is 1. The molecule has 1 fully saturated rings. The first-order valence-corrected chi connectivity index (χ1v) is 7.46. The van der Waals surface area contributed by atoms with Gasteiger partial charge < -0.3 is 15.2 Å². The summed E-state index contributed by atoms with van der Waals surface area (Å²) in [6, 6.07) is 0.492. The van der Waals surface area contributed by atoms with Crippen molar-refractivity contribution in [1.29, 1.82) is 0 Å². The zero-order chi connectivity index (χ0) is 12.0. The highest BCUT2D eigenvalue weighted by Crippen LogP contribution is 2.18. The molecule has 16 heavy (non-hydrogen) atoms. The zero-order valence-electron chi connectivity index (χ0n) is 9.68. The Bertz CT molecular complexity index is 287. The number of nitrogens with one attached hydrogen (secondary N) is 1. The van der Waals surface area contributed by atoms with Gasteiger partial charge in [0.05, 0.1) is 17.6 Å². The molecule has 6 heteroatoms. The van der Waals surface area contributed by atoms with Gasteiger partial charge in [0, 0.05) is 26.3 Å². The minimum atomic E-state index is -3.15. The number of aliphatic hydroxyl groups excluding tert-OH is 1. The highest BCUT2D eigenvalue weighted by atomic mass is 32.2. The minimum absolute atomic E-state index is 0.0847. The van der Waals surface area contributed by atoms with Crippen molar-refractivity contribution in [2.75, 3.05) is 31.8 Å². The van der Waals surface area contributed by atoms with E-state index in [1.54, 1.807) is 7.11 Å². The van der Waals surface area contributed by atoms with Crippen molar-refractivity contribution in [2.45, 2.75) is 31.4 Å². The van der Waals surface area contributed by atoms with E-state index in [4.69, 9.17) is 4.74 Å². The lowest BCUT2D eigenvalue weighted by Gasteiger charge is -2.11. The summed E-state index contributed by atoms with van der Waals surface area (Å²) in [4.78, 5) is 0. The molecule has 0 aromatic rings. The van der Waals surface area contributed by atoms with E-state index in [0.717, 1.165) is 12.8 Å². The quantitative estimate of drug-likeness (QED) is 0.543. The molecule has 1 aliphatic rings. The Morgan fingerprint density at radius 1 is 1.50 bits per heavy atom. The van der Waals surface area contributed by atoms with Crippen molar-refractivity contribution in [1.82, 2.24) is 5.32 Å². The van der Waals surface area contributed by atoms with Crippen molar-refractivity contribution in [3.8, 4) is 0 Å². The fraction of sp³-hybridized carbons (Fsp3) is 1.00. The number of methoxy groups -OCH3 is 1. The first-order chi connectivity index (χ1) is 7.53. The van der Waals surface area contributed by atoms with Crippen LogP contribution in [0.5, 0.6) is 0 Å². The average Bonchev–Trinajstić information content (AvgIpc) is 2.97. The van der Waals surface area contributed by atoms with Crippen molar-refractivity contribution >= 4 is 9.84 Å². The van der Waals surface area contributed by atoms with Crippen LogP contribution in [0.3, 0.4) is 0 Å². The summed E-state index contributed by atoms with van der Waals surface area (Å²) in [6.45, 7) is 0.809. The molecule has 1 saturated carbocycles. The van der Waals surface area contributed by atoms with Gasteiger partial charge in [0.1, 0.15) is 0 Å². The molecule has 1 rings (SSSR count). The van der Waals surface area contributed by atoms with Gasteiger partial charge in [-0.2, -0.15) is 0 Å². The highest BCUT2D eigenvalue weighted by Gasteiger charge is 2.23. The Kier molecular flexibility index (Phi) is 5.68. The Hall–Kier alpha value is -0.170. The summed E-state index contributed by atoms with van der Waals surface area (Å²) < 4.78 is 27.9. The van der Waals surface area contributed by atoms with Crippen molar-refractivity contribution in [3.05, 3.63) is 0 Å². The molecule has 0 heterocycles. The molecule has 0 spiro atoms. The Morgan fingerprint density at radius 3 is 2.75 bits per heavy atom. The van der Waals surface area contributed by atoms with Crippen LogP contribution in [0.4, 0.5) is 0 Å². The SMILES string of the molecule is COCCCS(=O)(=O)CC(O)CNC1CC1. The topological polar surface area (TPSA) is 75.6 Å². The van der Waals surface area contributed by atoms with Crippen LogP contribution in [0, 0.1) is 0 Å². The van der Waals surface area contributed by atoms with Crippen LogP contribution in [-0.2, 0) is 14.6 Å². The summed E-state index contributed by atoms with van der Waals surface area (Å²) in [6.07, 6.45) is 1.95. The van der Waals surface area contributed by atoms with E-state index in [1.165, 1.54) is 0 Å². The monoisotopic (exact) mass is 251 g/mol. The smallest absolute Gasteiger partial charge is 0.152 e. The third-order valence-corrected chi connectivity index (χ3v) is 4.27. The molecule has 0 aromatic carbocycles. The van der Waals surface area contributed by atoms with Crippen LogP contribution in [0.1, 0.15) is 19.3 Å². The van der Waals surface area contributed by atoms with Crippen LogP contribution in [0.15, 0.2) is 0 Å². The van der Waals surface area contributed by atoms with Gasteiger partial charge in [-0.25, -0.2) is 8.42 Å². The Morgan fingerprint density at radius 2 is 2.19 bits per heavy atom. The largest absolute Gasteiger partial charge is 0.391 e. The average molecular weight is 251 g/mol. The van der Waals surface area contributed by atoms with Gasteiger partial charge in [-0.1, -0.05) is 0 Å². The zero-order valence-corrected chi connectivity index (χ0v) is 10.5. The van der Waals surface area contributed by atoms with Gasteiger partial charge in [-0.3, -0.25) is 0 Å². The number of hydrogen-bond acceptors (Lipinski definition) is 5. The van der Waals surface area contributed by atoms with Crippen LogP contribution in [0.2, 0.25) is 0 Å². The standard InChI is InChI=1S/C10H21NO4S/c1-15-5-2-6-16(13,14)8-10(12)7-11-9-3-4-9/h9-12H,2-8H2,1H3. The normalized spacial score (nSPS) is 18.6. The molecule has 0 radical (unpaired) electrons. The Labute approximate surface area is 97.1 Å². The summed E-state index contributed by atoms with van der Waals surface area (Å²) >= 11 is 0. The summed E-state index contributed by atoms with van der Waals surface area (Å²) in [7, 11) is -1.61. The first-order valence-electron chi connectivity index (χ1n) is 5.64. The maximum atomic E-state index is 11.5. The molecule has 5 nitrogen and oxygen atoms in total. The third kappa shape index (κ3) is 6.42. The van der Waals surface area contributed by atoms with E-state index in [2.05, 4.69) is 5.32 Å². The van der Waals surface area contributed by atoms with Crippen LogP contribution in [-0.4, -0.2) is 57.4 Å². The fourth-order valence-electron chi connectivity index (χ4n) is 1.45. The lowest BCUT2D eigenvalue weighted by atomic mass is 10.4. The van der Waals surface area contributed by atoms with Crippen LogP contribution < -0.4 is 5.32 Å². The summed E-state index contributed by atoms with van der Waals surface area (Å²) in [5, 5.41) is 12.7. The number of rotatable bonds is 9. The van der Waals surface area contributed by atoms with Crippen LogP contribution >= 0.6 is 0 Å². The third-order valence-electron chi connectivity index (χ3n) is 2.47. The van der Waals surface area contributed by atoms with E-state index < -0.39 is 15.9 Å². The molecule has 0 aliphatic heterocycles. The second kappa shape index (κ2) is 6.54. The lowest BCUT2D eigenvalue weighted by Crippen LogP contribution is -2.34.